The molecule has 1 aromatic carbocycles. The van der Waals surface area contributed by atoms with Crippen molar-refractivity contribution < 1.29 is 14.6 Å². The normalized spacial score (nSPS) is 13.9. The highest BCUT2D eigenvalue weighted by molar-refractivity contribution is 6.21. The predicted molar refractivity (Wildman–Crippen MR) is 71.7 cm³/mol. The van der Waals surface area contributed by atoms with E-state index in [1.807, 2.05) is 18.2 Å². The summed E-state index contributed by atoms with van der Waals surface area (Å²) in [5, 5.41) is 9.25. The average molecular weight is 271 g/mol. The molecular weight excluding hydrogens is 252 g/mol. The summed E-state index contributed by atoms with van der Waals surface area (Å²) in [6.45, 7) is 1.38. The first-order chi connectivity index (χ1) is 8.59. The van der Waals surface area contributed by atoms with Crippen molar-refractivity contribution in [2.24, 2.45) is 0 Å². The van der Waals surface area contributed by atoms with Gasteiger partial charge in [-0.05, 0) is 24.8 Å². The lowest BCUT2D eigenvalue weighted by Gasteiger charge is -2.16. The van der Waals surface area contributed by atoms with Gasteiger partial charge in [-0.15, -0.1) is 11.6 Å². The number of ether oxygens (including phenoxy) is 1. The first kappa shape index (κ1) is 15.0. The molecule has 0 aliphatic rings. The minimum absolute atomic E-state index is 0.0589. The number of aliphatic hydroxyl groups excluding tert-OH is 1. The van der Waals surface area contributed by atoms with E-state index < -0.39 is 11.5 Å². The molecule has 0 saturated heterocycles. The number of esters is 1. The SMILES string of the molecule is CC(=O)OC[C@@H](Cl)[C@@H](O)CCCc1ccccc1. The number of rotatable bonds is 7. The number of halogens is 1. The van der Waals surface area contributed by atoms with E-state index in [1.165, 1.54) is 12.5 Å². The molecule has 3 nitrogen and oxygen atoms in total. The number of hydrogen-bond acceptors (Lipinski definition) is 3. The standard InChI is InChI=1S/C14H19ClO3/c1-11(16)18-10-13(15)14(17)9-5-8-12-6-3-2-4-7-12/h2-4,6-7,13-14,17H,5,8-10H2,1H3/t13-,14+/m1/s1. The lowest BCUT2D eigenvalue weighted by molar-refractivity contribution is -0.141. The molecule has 100 valence electrons. The van der Waals surface area contributed by atoms with Crippen LogP contribution in [0.1, 0.15) is 25.3 Å². The van der Waals surface area contributed by atoms with Gasteiger partial charge in [-0.25, -0.2) is 0 Å². The molecule has 2 atom stereocenters. The van der Waals surface area contributed by atoms with Crippen LogP contribution in [0, 0.1) is 0 Å². The monoisotopic (exact) mass is 270 g/mol. The summed E-state index contributed by atoms with van der Waals surface area (Å²) >= 11 is 5.93. The highest BCUT2D eigenvalue weighted by Crippen LogP contribution is 2.12. The van der Waals surface area contributed by atoms with Crippen molar-refractivity contribution in [3.63, 3.8) is 0 Å². The fourth-order valence-corrected chi connectivity index (χ4v) is 1.84. The van der Waals surface area contributed by atoms with Crippen molar-refractivity contribution in [2.45, 2.75) is 37.7 Å². The van der Waals surface area contributed by atoms with Gasteiger partial charge in [0.2, 0.25) is 0 Å². The van der Waals surface area contributed by atoms with Crippen LogP contribution in [-0.4, -0.2) is 29.2 Å². The van der Waals surface area contributed by atoms with E-state index in [9.17, 15) is 9.90 Å². The third-order valence-corrected chi connectivity index (χ3v) is 3.09. The Bertz CT molecular complexity index is 353. The zero-order valence-corrected chi connectivity index (χ0v) is 11.3. The van der Waals surface area contributed by atoms with E-state index >= 15 is 0 Å². The molecule has 0 bridgehead atoms. The Morgan fingerprint density at radius 1 is 1.39 bits per heavy atom. The molecule has 0 spiro atoms. The number of carbonyl (C=O) groups excluding carboxylic acids is 1. The molecule has 1 rings (SSSR count). The van der Waals surface area contributed by atoms with Crippen molar-refractivity contribution in [3.8, 4) is 0 Å². The van der Waals surface area contributed by atoms with Gasteiger partial charge in [-0.3, -0.25) is 4.79 Å². The van der Waals surface area contributed by atoms with E-state index in [4.69, 9.17) is 16.3 Å². The van der Waals surface area contributed by atoms with Crippen molar-refractivity contribution in [2.75, 3.05) is 6.61 Å². The van der Waals surface area contributed by atoms with Crippen LogP contribution in [0.15, 0.2) is 30.3 Å². The Morgan fingerprint density at radius 3 is 2.67 bits per heavy atom. The molecule has 0 amide bonds. The summed E-state index contributed by atoms with van der Waals surface area (Å²) in [4.78, 5) is 10.6. The van der Waals surface area contributed by atoms with Gasteiger partial charge < -0.3 is 9.84 Å². The number of carbonyl (C=O) groups is 1. The first-order valence-corrected chi connectivity index (χ1v) is 6.52. The van der Waals surface area contributed by atoms with E-state index in [0.717, 1.165) is 12.8 Å². The average Bonchev–Trinajstić information content (AvgIpc) is 2.37. The zero-order chi connectivity index (χ0) is 13.4. The van der Waals surface area contributed by atoms with Crippen LogP contribution >= 0.6 is 11.6 Å². The number of benzene rings is 1. The summed E-state index contributed by atoms with van der Waals surface area (Å²) < 4.78 is 4.76. The van der Waals surface area contributed by atoms with Gasteiger partial charge in [-0.2, -0.15) is 0 Å². The first-order valence-electron chi connectivity index (χ1n) is 6.09. The minimum atomic E-state index is -0.644. The van der Waals surface area contributed by atoms with Crippen LogP contribution in [0.2, 0.25) is 0 Å². The summed E-state index contributed by atoms with van der Waals surface area (Å²) in [6, 6.07) is 10.1. The fraction of sp³-hybridized carbons (Fsp3) is 0.500. The molecule has 0 aliphatic carbocycles. The van der Waals surface area contributed by atoms with Crippen molar-refractivity contribution >= 4 is 17.6 Å². The molecule has 0 unspecified atom stereocenters. The van der Waals surface area contributed by atoms with Crippen molar-refractivity contribution in [3.05, 3.63) is 35.9 Å². The smallest absolute Gasteiger partial charge is 0.302 e. The summed E-state index contributed by atoms with van der Waals surface area (Å²) in [6.07, 6.45) is 1.73. The Labute approximate surface area is 113 Å². The van der Waals surface area contributed by atoms with E-state index in [0.29, 0.717) is 6.42 Å². The number of hydrogen-bond donors (Lipinski definition) is 1. The quantitative estimate of drug-likeness (QED) is 0.612. The highest BCUT2D eigenvalue weighted by atomic mass is 35.5. The maximum Gasteiger partial charge on any atom is 0.302 e. The fourth-order valence-electron chi connectivity index (χ4n) is 1.65. The third kappa shape index (κ3) is 6.03. The summed E-state index contributed by atoms with van der Waals surface area (Å²) in [5.74, 6) is -0.378. The molecular formula is C14H19ClO3. The van der Waals surface area contributed by atoms with Gasteiger partial charge in [-0.1, -0.05) is 30.3 Å². The molecule has 0 radical (unpaired) electrons. The van der Waals surface area contributed by atoms with Gasteiger partial charge >= 0.3 is 5.97 Å². The van der Waals surface area contributed by atoms with Gasteiger partial charge in [0.05, 0.1) is 11.5 Å². The molecule has 0 fully saturated rings. The molecule has 0 heterocycles. The van der Waals surface area contributed by atoms with E-state index in [1.54, 1.807) is 0 Å². The molecule has 0 aliphatic heterocycles. The molecule has 0 aromatic heterocycles. The largest absolute Gasteiger partial charge is 0.464 e. The maximum absolute atomic E-state index is 10.6. The topological polar surface area (TPSA) is 46.5 Å². The Balaban J connectivity index is 2.20. The van der Waals surface area contributed by atoms with Crippen LogP contribution in [-0.2, 0) is 16.0 Å². The second-order valence-corrected chi connectivity index (χ2v) is 4.82. The Kier molecular flexibility index (Phi) is 6.76. The minimum Gasteiger partial charge on any atom is -0.464 e. The van der Waals surface area contributed by atoms with Crippen molar-refractivity contribution in [1.29, 1.82) is 0 Å². The lowest BCUT2D eigenvalue weighted by atomic mass is 10.0. The molecule has 1 aromatic rings. The summed E-state index contributed by atoms with van der Waals surface area (Å²) in [5.41, 5.74) is 1.25. The van der Waals surface area contributed by atoms with E-state index in [2.05, 4.69) is 12.1 Å². The summed E-state index contributed by atoms with van der Waals surface area (Å²) in [7, 11) is 0. The van der Waals surface area contributed by atoms with Gasteiger partial charge in [0.15, 0.2) is 0 Å². The number of aliphatic hydroxyl groups is 1. The second kappa shape index (κ2) is 8.11. The lowest BCUT2D eigenvalue weighted by Crippen LogP contribution is -2.26. The number of alkyl halides is 1. The van der Waals surface area contributed by atoms with Crippen LogP contribution < -0.4 is 0 Å². The second-order valence-electron chi connectivity index (χ2n) is 4.26. The molecule has 1 N–H and O–H groups in total. The Morgan fingerprint density at radius 2 is 2.06 bits per heavy atom. The molecule has 18 heavy (non-hydrogen) atoms. The highest BCUT2D eigenvalue weighted by Gasteiger charge is 2.17. The van der Waals surface area contributed by atoms with Crippen LogP contribution in [0.5, 0.6) is 0 Å². The van der Waals surface area contributed by atoms with E-state index in [-0.39, 0.29) is 12.6 Å². The third-order valence-electron chi connectivity index (χ3n) is 2.67. The molecule has 4 heteroatoms. The number of aryl methyl sites for hydroxylation is 1. The van der Waals surface area contributed by atoms with Crippen LogP contribution in [0.4, 0.5) is 0 Å². The van der Waals surface area contributed by atoms with Crippen LogP contribution in [0.3, 0.4) is 0 Å². The van der Waals surface area contributed by atoms with Gasteiger partial charge in [0, 0.05) is 6.92 Å². The zero-order valence-electron chi connectivity index (χ0n) is 10.5. The van der Waals surface area contributed by atoms with Gasteiger partial charge in [0.1, 0.15) is 6.61 Å². The Hall–Kier alpha value is -1.06. The maximum atomic E-state index is 10.6. The van der Waals surface area contributed by atoms with Gasteiger partial charge in [0.25, 0.3) is 0 Å². The predicted octanol–water partition coefficient (Wildman–Crippen LogP) is 2.54. The van der Waals surface area contributed by atoms with Crippen LogP contribution in [0.25, 0.3) is 0 Å². The molecule has 0 saturated carbocycles. The van der Waals surface area contributed by atoms with Crippen molar-refractivity contribution in [1.82, 2.24) is 0 Å².